The Morgan fingerprint density at radius 3 is 0.896 bits per heavy atom. The van der Waals surface area contributed by atoms with Gasteiger partial charge in [0.25, 0.3) is 0 Å². The second kappa shape index (κ2) is 53.9. The van der Waals surface area contributed by atoms with E-state index in [9.17, 15) is 14.4 Å². The van der Waals surface area contributed by atoms with Gasteiger partial charge in [-0.05, 0) is 122 Å². The van der Waals surface area contributed by atoms with Gasteiger partial charge in [-0.1, -0.05) is 205 Å². The zero-order valence-corrected chi connectivity index (χ0v) is 42.6. The van der Waals surface area contributed by atoms with E-state index < -0.39 is 6.10 Å². The van der Waals surface area contributed by atoms with Crippen LogP contribution >= 0.6 is 0 Å². The molecule has 0 bridgehead atoms. The van der Waals surface area contributed by atoms with Crippen molar-refractivity contribution in [3.05, 3.63) is 146 Å². The highest BCUT2D eigenvalue weighted by molar-refractivity contribution is 5.71. The lowest BCUT2D eigenvalue weighted by atomic mass is 10.1. The highest BCUT2D eigenvalue weighted by Gasteiger charge is 2.19. The van der Waals surface area contributed by atoms with Crippen molar-refractivity contribution in [3.8, 4) is 0 Å². The molecule has 6 heteroatoms. The second-order valence-electron chi connectivity index (χ2n) is 16.7. The summed E-state index contributed by atoms with van der Waals surface area (Å²) in [6.07, 6.45) is 77.4. The Hall–Kier alpha value is -4.71. The van der Waals surface area contributed by atoms with Crippen LogP contribution in [0.2, 0.25) is 0 Å². The fourth-order valence-corrected chi connectivity index (χ4v) is 6.45. The molecular formula is C61H94O6. The first kappa shape index (κ1) is 62.3. The van der Waals surface area contributed by atoms with Crippen LogP contribution in [0.25, 0.3) is 0 Å². The largest absolute Gasteiger partial charge is 0.462 e. The summed E-state index contributed by atoms with van der Waals surface area (Å²) < 4.78 is 16.6. The lowest BCUT2D eigenvalue weighted by Gasteiger charge is -2.18. The third-order valence-corrected chi connectivity index (χ3v) is 10.3. The Labute approximate surface area is 410 Å². The molecule has 0 aromatic heterocycles. The summed E-state index contributed by atoms with van der Waals surface area (Å²) in [6.45, 7) is 6.23. The van der Waals surface area contributed by atoms with Gasteiger partial charge in [0.1, 0.15) is 13.2 Å². The molecule has 67 heavy (non-hydrogen) atoms. The van der Waals surface area contributed by atoms with E-state index in [0.717, 1.165) is 161 Å². The zero-order chi connectivity index (χ0) is 48.6. The van der Waals surface area contributed by atoms with Gasteiger partial charge in [0, 0.05) is 19.3 Å². The van der Waals surface area contributed by atoms with Crippen LogP contribution in [-0.4, -0.2) is 37.2 Å². The fourth-order valence-electron chi connectivity index (χ4n) is 6.45. The highest BCUT2D eigenvalue weighted by Crippen LogP contribution is 2.11. The number of carbonyl (C=O) groups is 3. The van der Waals surface area contributed by atoms with Crippen molar-refractivity contribution in [2.45, 2.75) is 207 Å². The predicted octanol–water partition coefficient (Wildman–Crippen LogP) is 17.6. The predicted molar refractivity (Wildman–Crippen MR) is 288 cm³/mol. The quantitative estimate of drug-likeness (QED) is 0.0262. The van der Waals surface area contributed by atoms with Gasteiger partial charge in [0.05, 0.1) is 0 Å². The summed E-state index contributed by atoms with van der Waals surface area (Å²) in [5, 5.41) is 0. The molecule has 0 saturated heterocycles. The number of esters is 3. The Kier molecular flexibility index (Phi) is 50.1. The van der Waals surface area contributed by atoms with E-state index in [1.165, 1.54) is 0 Å². The maximum absolute atomic E-state index is 12.7. The monoisotopic (exact) mass is 923 g/mol. The lowest BCUT2D eigenvalue weighted by molar-refractivity contribution is -0.167. The molecular weight excluding hydrogens is 829 g/mol. The molecule has 0 spiro atoms. The number of hydrogen-bond donors (Lipinski definition) is 0. The van der Waals surface area contributed by atoms with Gasteiger partial charge >= 0.3 is 17.9 Å². The van der Waals surface area contributed by atoms with Crippen molar-refractivity contribution in [1.82, 2.24) is 0 Å². The molecule has 0 radical (unpaired) electrons. The second-order valence-corrected chi connectivity index (χ2v) is 16.7. The minimum atomic E-state index is -0.808. The van der Waals surface area contributed by atoms with Crippen molar-refractivity contribution in [3.63, 3.8) is 0 Å². The fraction of sp³-hybridized carbons (Fsp3) is 0.557. The number of ether oxygens (including phenoxy) is 3. The molecule has 0 fully saturated rings. The number of unbranched alkanes of at least 4 members (excludes halogenated alkanes) is 10. The van der Waals surface area contributed by atoms with Gasteiger partial charge in [-0.3, -0.25) is 14.4 Å². The first-order valence-corrected chi connectivity index (χ1v) is 26.3. The van der Waals surface area contributed by atoms with E-state index in [0.29, 0.717) is 12.8 Å². The summed E-state index contributed by atoms with van der Waals surface area (Å²) >= 11 is 0. The van der Waals surface area contributed by atoms with Gasteiger partial charge in [-0.15, -0.1) is 0 Å². The standard InChI is InChI=1S/C61H94O6/c1-4-7-10-13-15-17-19-21-22-23-24-25-26-27-28-29-30-31-32-33-34-35-36-37-38-40-41-43-45-48-51-54-60(63)66-57-58(56-65-59(62)53-50-47-12-9-6-3)67-61(64)55-52-49-46-44-42-39-20-18-16-14-11-8-5-2/h7-8,10-11,15-18,21-22,24-25,27-28,30-31,33-34,36-37,39-42,58H,4-6,9,12-14,19-20,23,26,29,32,35,38,43-57H2,1-3H3/b10-7-,11-8-,17-15-,18-16-,22-21-,25-24-,28-27-,31-30-,34-33-,37-36-,41-40-,42-39-. The molecule has 6 nitrogen and oxygen atoms in total. The molecule has 0 aliphatic rings. The van der Waals surface area contributed by atoms with Crippen molar-refractivity contribution in [2.75, 3.05) is 13.2 Å². The molecule has 0 saturated carbocycles. The SMILES string of the molecule is CC/C=C\C/C=C\C/C=C\C/C=C\C/C=C\C/C=C\C/C=C\C/C=C\C/C=C\CCCCCC(=O)OCC(COC(=O)CCCCCCC)OC(=O)CCCCC/C=C\C/C=C\C/C=C\CC. The van der Waals surface area contributed by atoms with E-state index in [2.05, 4.69) is 167 Å². The zero-order valence-electron chi connectivity index (χ0n) is 42.6. The van der Waals surface area contributed by atoms with Gasteiger partial charge in [-0.25, -0.2) is 0 Å². The van der Waals surface area contributed by atoms with Crippen LogP contribution in [0.3, 0.4) is 0 Å². The Morgan fingerprint density at radius 1 is 0.313 bits per heavy atom. The molecule has 1 unspecified atom stereocenters. The molecule has 0 rings (SSSR count). The van der Waals surface area contributed by atoms with Crippen LogP contribution in [-0.2, 0) is 28.6 Å². The number of allylic oxidation sites excluding steroid dienone is 24. The van der Waals surface area contributed by atoms with Gasteiger partial charge < -0.3 is 14.2 Å². The van der Waals surface area contributed by atoms with Crippen LogP contribution in [0.4, 0.5) is 0 Å². The van der Waals surface area contributed by atoms with Crippen LogP contribution in [0, 0.1) is 0 Å². The third kappa shape index (κ3) is 52.1. The Morgan fingerprint density at radius 2 is 0.582 bits per heavy atom. The lowest BCUT2D eigenvalue weighted by Crippen LogP contribution is -2.30. The molecule has 0 aliphatic heterocycles. The average Bonchev–Trinajstić information content (AvgIpc) is 3.33. The van der Waals surface area contributed by atoms with Crippen LogP contribution in [0.15, 0.2) is 146 Å². The molecule has 0 amide bonds. The van der Waals surface area contributed by atoms with Crippen molar-refractivity contribution >= 4 is 17.9 Å². The number of hydrogen-bond acceptors (Lipinski definition) is 6. The summed E-state index contributed by atoms with van der Waals surface area (Å²) in [7, 11) is 0. The molecule has 0 N–H and O–H groups in total. The third-order valence-electron chi connectivity index (χ3n) is 10.3. The van der Waals surface area contributed by atoms with E-state index in [4.69, 9.17) is 14.2 Å². The molecule has 0 aliphatic carbocycles. The summed E-state index contributed by atoms with van der Waals surface area (Å²) in [6, 6.07) is 0. The normalized spacial score (nSPS) is 13.3. The topological polar surface area (TPSA) is 78.9 Å². The minimum absolute atomic E-state index is 0.107. The van der Waals surface area contributed by atoms with Crippen LogP contribution < -0.4 is 0 Å². The molecule has 1 atom stereocenters. The van der Waals surface area contributed by atoms with Crippen molar-refractivity contribution in [2.24, 2.45) is 0 Å². The highest BCUT2D eigenvalue weighted by atomic mass is 16.6. The van der Waals surface area contributed by atoms with Gasteiger partial charge in [0.2, 0.25) is 0 Å². The molecule has 374 valence electrons. The first-order valence-electron chi connectivity index (χ1n) is 26.3. The Bertz CT molecular complexity index is 1530. The summed E-state index contributed by atoms with van der Waals surface area (Å²) in [5.41, 5.74) is 0. The average molecular weight is 923 g/mol. The number of rotatable bonds is 45. The maximum Gasteiger partial charge on any atom is 0.306 e. The molecule has 0 aromatic carbocycles. The van der Waals surface area contributed by atoms with Crippen molar-refractivity contribution in [1.29, 1.82) is 0 Å². The van der Waals surface area contributed by atoms with Crippen LogP contribution in [0.1, 0.15) is 201 Å². The van der Waals surface area contributed by atoms with E-state index >= 15 is 0 Å². The number of carbonyl (C=O) groups excluding carboxylic acids is 3. The molecule has 0 aromatic rings. The summed E-state index contributed by atoms with van der Waals surface area (Å²) in [4.78, 5) is 37.6. The smallest absolute Gasteiger partial charge is 0.306 e. The van der Waals surface area contributed by atoms with Gasteiger partial charge in [0.15, 0.2) is 6.10 Å². The van der Waals surface area contributed by atoms with E-state index in [-0.39, 0.29) is 37.5 Å². The van der Waals surface area contributed by atoms with E-state index in [1.54, 1.807) is 0 Å². The first-order chi connectivity index (χ1) is 33.0. The molecule has 0 heterocycles. The van der Waals surface area contributed by atoms with Gasteiger partial charge in [-0.2, -0.15) is 0 Å². The minimum Gasteiger partial charge on any atom is -0.462 e. The van der Waals surface area contributed by atoms with E-state index in [1.807, 2.05) is 0 Å². The van der Waals surface area contributed by atoms with Crippen molar-refractivity contribution < 1.29 is 28.6 Å². The maximum atomic E-state index is 12.7. The summed E-state index contributed by atoms with van der Waals surface area (Å²) in [5.74, 6) is -0.999. The van der Waals surface area contributed by atoms with Crippen LogP contribution in [0.5, 0.6) is 0 Å². The Balaban J connectivity index is 4.22.